The number of hydrogen-bond donors (Lipinski definition) is 7. The number of aliphatic imine (C=N–C) groups is 2. The van der Waals surface area contributed by atoms with Crippen molar-refractivity contribution in [2.75, 3.05) is 17.2 Å². The Bertz CT molecular complexity index is 2220. The van der Waals surface area contributed by atoms with Crippen LogP contribution in [-0.2, 0) is 23.4 Å². The first-order valence-electron chi connectivity index (χ1n) is 20.7. The van der Waals surface area contributed by atoms with Gasteiger partial charge < -0.3 is 53.1 Å². The zero-order valence-electron chi connectivity index (χ0n) is 36.0. The van der Waals surface area contributed by atoms with Gasteiger partial charge in [0.15, 0.2) is 18.3 Å². The van der Waals surface area contributed by atoms with Crippen LogP contribution in [0.3, 0.4) is 0 Å². The minimum atomic E-state index is -0.478. The molecule has 1 aliphatic carbocycles. The van der Waals surface area contributed by atoms with Crippen molar-refractivity contribution in [3.63, 3.8) is 0 Å². The van der Waals surface area contributed by atoms with E-state index in [4.69, 9.17) is 37.1 Å². The van der Waals surface area contributed by atoms with Crippen LogP contribution >= 0.6 is 37.2 Å². The number of carbonyl (C=O) groups excluding carboxylic acids is 1. The summed E-state index contributed by atoms with van der Waals surface area (Å²) in [5, 5.41) is 9.87. The van der Waals surface area contributed by atoms with E-state index in [0.29, 0.717) is 34.9 Å². The van der Waals surface area contributed by atoms with Crippen LogP contribution in [0.15, 0.2) is 88.8 Å². The van der Waals surface area contributed by atoms with E-state index in [9.17, 15) is 4.79 Å². The number of nitrogens with one attached hydrogen (secondary N) is 3. The average Bonchev–Trinajstić information content (AvgIpc) is 3.22. The van der Waals surface area contributed by atoms with Crippen molar-refractivity contribution in [3.05, 3.63) is 101 Å². The third kappa shape index (κ3) is 11.6. The van der Waals surface area contributed by atoms with Crippen LogP contribution in [-0.4, -0.2) is 42.4 Å². The molecule has 4 aliphatic rings. The van der Waals surface area contributed by atoms with Crippen molar-refractivity contribution in [3.8, 4) is 17.2 Å². The maximum absolute atomic E-state index is 11.9. The van der Waals surface area contributed by atoms with Crippen LogP contribution in [0.1, 0.15) is 88.6 Å². The number of nitrogens with zero attached hydrogens (tertiary/aromatic N) is 2. The molecule has 11 N–H and O–H groups in total. The van der Waals surface area contributed by atoms with Gasteiger partial charge in [0.05, 0.1) is 5.69 Å². The van der Waals surface area contributed by atoms with Gasteiger partial charge in [0.1, 0.15) is 40.3 Å². The third-order valence-corrected chi connectivity index (χ3v) is 11.9. The van der Waals surface area contributed by atoms with Crippen LogP contribution in [0.5, 0.6) is 17.2 Å². The van der Waals surface area contributed by atoms with Crippen LogP contribution in [0, 0.1) is 11.8 Å². The number of amides is 1. The molecule has 0 saturated heterocycles. The van der Waals surface area contributed by atoms with Crippen molar-refractivity contribution < 1.29 is 19.0 Å². The number of ether oxygens (including phenoxy) is 3. The Morgan fingerprint density at radius 2 is 1.35 bits per heavy atom. The lowest BCUT2D eigenvalue weighted by atomic mass is 9.69. The lowest BCUT2D eigenvalue weighted by molar-refractivity contribution is -0.122. The smallest absolute Gasteiger partial charge is 0.265 e. The van der Waals surface area contributed by atoms with E-state index in [1.807, 2.05) is 62.4 Å². The first-order chi connectivity index (χ1) is 28.3. The summed E-state index contributed by atoms with van der Waals surface area (Å²) in [5.41, 5.74) is 31.8. The summed E-state index contributed by atoms with van der Waals surface area (Å²) in [6.07, 6.45) is 3.82. The zero-order valence-corrected chi connectivity index (χ0v) is 38.4. The van der Waals surface area contributed by atoms with Gasteiger partial charge >= 0.3 is 0 Å². The lowest BCUT2D eigenvalue weighted by Crippen LogP contribution is -2.44. The average molecular weight is 911 g/mol. The standard InChI is InChI=1S/C28H31N5O3.C18H28N4O.3ClH/c1-16(31-22-9-11-26-24(13-22)33-28(34)18(3)36-26)21-7-4-19(5-8-21)14-30-15-20-6-10-25-23(12-20)32-27(29)17(2)35-25;1-11-17(20)22-15-9-14(6-7-16(15)23-11)18(2,21)13-5-3-4-12(8-13)10-19;;;/h4-13,16-18,30-31H,14-15H2,1-3H3,(H2,29,32)(H,33,34);6-7,9,11-13H,3-5,8,10,19,21H2,1-2H3,(H2,20,22);3*1H. The normalized spacial score (nSPS) is 22.2. The minimum Gasteiger partial charge on any atom is -0.481 e. The summed E-state index contributed by atoms with van der Waals surface area (Å²) >= 11 is 0. The Hall–Kier alpha value is -4.76. The predicted octanol–water partition coefficient (Wildman–Crippen LogP) is 8.30. The molecule has 16 heteroatoms. The fourth-order valence-corrected chi connectivity index (χ4v) is 8.05. The summed E-state index contributed by atoms with van der Waals surface area (Å²) < 4.78 is 17.2. The molecule has 0 aromatic heterocycles. The second-order valence-electron chi connectivity index (χ2n) is 16.5. The topological polar surface area (TPSA) is 210 Å². The van der Waals surface area contributed by atoms with Crippen LogP contribution in [0.4, 0.5) is 22.7 Å². The number of amidine groups is 2. The Morgan fingerprint density at radius 3 is 2.02 bits per heavy atom. The molecule has 7 atom stereocenters. The molecule has 0 radical (unpaired) electrons. The number of anilines is 2. The first kappa shape index (κ1) is 49.9. The van der Waals surface area contributed by atoms with E-state index in [-0.39, 0.29) is 61.4 Å². The maximum atomic E-state index is 11.9. The quantitative estimate of drug-likeness (QED) is 0.0810. The van der Waals surface area contributed by atoms with Crippen LogP contribution in [0.25, 0.3) is 0 Å². The molecule has 0 spiro atoms. The van der Waals surface area contributed by atoms with Crippen molar-refractivity contribution in [1.29, 1.82) is 0 Å². The summed E-state index contributed by atoms with van der Waals surface area (Å²) in [6.45, 7) is 12.0. The fourth-order valence-electron chi connectivity index (χ4n) is 8.05. The van der Waals surface area contributed by atoms with E-state index >= 15 is 0 Å². The van der Waals surface area contributed by atoms with Crippen LogP contribution in [0.2, 0.25) is 0 Å². The molecule has 3 aliphatic heterocycles. The Kier molecular flexibility index (Phi) is 17.3. The van der Waals surface area contributed by atoms with Gasteiger partial charge in [-0.1, -0.05) is 42.8 Å². The zero-order chi connectivity index (χ0) is 41.8. The molecule has 1 fully saturated rings. The van der Waals surface area contributed by atoms with Gasteiger partial charge in [-0.2, -0.15) is 0 Å². The summed E-state index contributed by atoms with van der Waals surface area (Å²) in [6, 6.07) is 26.4. The molecule has 13 nitrogen and oxygen atoms in total. The minimum absolute atomic E-state index is 0. The van der Waals surface area contributed by atoms with E-state index in [1.165, 1.54) is 24.0 Å². The van der Waals surface area contributed by atoms with E-state index in [2.05, 4.69) is 70.1 Å². The van der Waals surface area contributed by atoms with Gasteiger partial charge in [-0.3, -0.25) is 4.79 Å². The second-order valence-corrected chi connectivity index (χ2v) is 16.5. The lowest BCUT2D eigenvalue weighted by Gasteiger charge is -2.40. The molecule has 4 aromatic carbocycles. The van der Waals surface area contributed by atoms with E-state index in [1.54, 1.807) is 6.92 Å². The number of carbonyl (C=O) groups is 1. The highest BCUT2D eigenvalue weighted by atomic mass is 35.5. The molecular formula is C46H62Cl3N9O4. The Labute approximate surface area is 383 Å². The van der Waals surface area contributed by atoms with Crippen molar-refractivity contribution in [2.45, 2.75) is 103 Å². The van der Waals surface area contributed by atoms with Gasteiger partial charge in [-0.25, -0.2) is 9.98 Å². The summed E-state index contributed by atoms with van der Waals surface area (Å²) in [5.74, 6) is 4.13. The molecule has 7 unspecified atom stereocenters. The predicted molar refractivity (Wildman–Crippen MR) is 258 cm³/mol. The second kappa shape index (κ2) is 21.5. The highest BCUT2D eigenvalue weighted by Crippen LogP contribution is 2.43. The van der Waals surface area contributed by atoms with Crippen LogP contribution < -0.4 is 53.1 Å². The van der Waals surface area contributed by atoms with E-state index in [0.717, 1.165) is 72.2 Å². The number of benzene rings is 4. The Balaban J connectivity index is 0.000000283. The highest BCUT2D eigenvalue weighted by molar-refractivity contribution is 5.98. The SMILES string of the molecule is CC1Oc2ccc(C(C)(N)C3CCCC(CN)C3)cc2N=C1N.CC1Oc2ccc(NC(C)c3ccc(CNCc4ccc5c(c4)N=C(N)C(C)O5)cc3)cc2NC1=O.Cl.Cl.Cl. The van der Waals surface area contributed by atoms with Gasteiger partial charge in [0.25, 0.3) is 5.91 Å². The monoisotopic (exact) mass is 909 g/mol. The van der Waals surface area contributed by atoms with Crippen molar-refractivity contribution in [1.82, 2.24) is 5.32 Å². The number of nitrogens with two attached hydrogens (primary N) is 4. The highest BCUT2D eigenvalue weighted by Gasteiger charge is 2.36. The number of fused-ring (bicyclic) bond motifs is 3. The molecule has 3 heterocycles. The molecule has 8 rings (SSSR count). The molecule has 4 aromatic rings. The molecule has 1 saturated carbocycles. The first-order valence-corrected chi connectivity index (χ1v) is 20.7. The van der Waals surface area contributed by atoms with Gasteiger partial charge in [-0.05, 0) is 137 Å². The van der Waals surface area contributed by atoms with Gasteiger partial charge in [-0.15, -0.1) is 37.2 Å². The molecule has 62 heavy (non-hydrogen) atoms. The molecule has 1 amide bonds. The number of rotatable bonds is 10. The number of hydrogen-bond acceptors (Lipinski definition) is 12. The molecule has 0 bridgehead atoms. The van der Waals surface area contributed by atoms with Gasteiger partial charge in [0, 0.05) is 30.4 Å². The van der Waals surface area contributed by atoms with Crippen molar-refractivity contribution >= 4 is 77.5 Å². The molecule has 336 valence electrons. The van der Waals surface area contributed by atoms with E-state index < -0.39 is 11.6 Å². The largest absolute Gasteiger partial charge is 0.481 e. The van der Waals surface area contributed by atoms with Gasteiger partial charge in [0.2, 0.25) is 0 Å². The Morgan fingerprint density at radius 1 is 0.774 bits per heavy atom. The van der Waals surface area contributed by atoms with Crippen molar-refractivity contribution in [2.24, 2.45) is 44.8 Å². The summed E-state index contributed by atoms with van der Waals surface area (Å²) in [4.78, 5) is 20.8. The summed E-state index contributed by atoms with van der Waals surface area (Å²) in [7, 11) is 0. The third-order valence-electron chi connectivity index (χ3n) is 11.9. The maximum Gasteiger partial charge on any atom is 0.265 e. The number of halogens is 3. The molecular weight excluding hydrogens is 849 g/mol. The fraction of sp³-hybridized carbons (Fsp3) is 0.413.